The van der Waals surface area contributed by atoms with Crippen LogP contribution in [0.4, 0.5) is 5.82 Å². The average Bonchev–Trinajstić information content (AvgIpc) is 2.99. The van der Waals surface area contributed by atoms with E-state index < -0.39 is 0 Å². The molecule has 1 heterocycles. The second kappa shape index (κ2) is 3.06. The van der Waals surface area contributed by atoms with Gasteiger partial charge in [-0.05, 0) is 31.0 Å². The molecule has 0 atom stereocenters. The molecular weight excluding hydrogens is 224 g/mol. The number of aromatic nitrogens is 2. The number of halogens is 1. The number of anilines is 1. The molecule has 0 bridgehead atoms. The largest absolute Gasteiger partial charge is 0.383 e. The summed E-state index contributed by atoms with van der Waals surface area (Å²) in [6.45, 7) is 0. The second-order valence-electron chi connectivity index (χ2n) is 4.25. The van der Waals surface area contributed by atoms with Gasteiger partial charge in [0.2, 0.25) is 0 Å². The fourth-order valence-electron chi connectivity index (χ4n) is 1.71. The maximum atomic E-state index is 6.05. The van der Waals surface area contributed by atoms with Crippen LogP contribution in [0.2, 0.25) is 5.02 Å². The topological polar surface area (TPSA) is 77.8 Å². The van der Waals surface area contributed by atoms with E-state index in [0.717, 1.165) is 23.7 Å². The van der Waals surface area contributed by atoms with E-state index in [1.54, 1.807) is 12.1 Å². The zero-order chi connectivity index (χ0) is 11.3. The van der Waals surface area contributed by atoms with Crippen LogP contribution in [-0.2, 0) is 5.54 Å². The highest BCUT2D eigenvalue weighted by Crippen LogP contribution is 2.41. The summed E-state index contributed by atoms with van der Waals surface area (Å²) in [5, 5.41) is 1.41. The fourth-order valence-corrected chi connectivity index (χ4v) is 1.88. The Labute approximate surface area is 97.6 Å². The molecule has 0 saturated heterocycles. The molecule has 16 heavy (non-hydrogen) atoms. The standard InChI is InChI=1S/C11H11ClN4/c12-6-1-2-8-7(5-6)9(13)16-10(15-8)11(14)3-4-11/h1-2,5H,3-4,14H2,(H2,13,15,16). The van der Waals surface area contributed by atoms with Gasteiger partial charge in [0.25, 0.3) is 0 Å². The maximum Gasteiger partial charge on any atom is 0.151 e. The first-order valence-electron chi connectivity index (χ1n) is 5.11. The molecule has 1 aromatic heterocycles. The normalized spacial score (nSPS) is 17.6. The first kappa shape index (κ1) is 9.81. The molecule has 1 aromatic carbocycles. The van der Waals surface area contributed by atoms with Crippen molar-refractivity contribution in [1.29, 1.82) is 0 Å². The van der Waals surface area contributed by atoms with Crippen LogP contribution in [0.15, 0.2) is 18.2 Å². The van der Waals surface area contributed by atoms with Gasteiger partial charge in [0.1, 0.15) is 5.82 Å². The van der Waals surface area contributed by atoms with E-state index in [2.05, 4.69) is 9.97 Å². The Morgan fingerprint density at radius 1 is 1.25 bits per heavy atom. The van der Waals surface area contributed by atoms with E-state index in [-0.39, 0.29) is 5.54 Å². The van der Waals surface area contributed by atoms with Crippen molar-refractivity contribution in [2.24, 2.45) is 5.73 Å². The Hall–Kier alpha value is -1.39. The lowest BCUT2D eigenvalue weighted by molar-refractivity contribution is 0.679. The molecule has 4 nitrogen and oxygen atoms in total. The minimum Gasteiger partial charge on any atom is -0.383 e. The molecule has 0 amide bonds. The number of fused-ring (bicyclic) bond motifs is 1. The minimum absolute atomic E-state index is 0.359. The van der Waals surface area contributed by atoms with Crippen molar-refractivity contribution in [3.05, 3.63) is 29.0 Å². The molecule has 3 rings (SSSR count). The lowest BCUT2D eigenvalue weighted by Gasteiger charge is -2.09. The summed E-state index contributed by atoms with van der Waals surface area (Å²) >= 11 is 5.90. The van der Waals surface area contributed by atoms with Crippen molar-refractivity contribution in [3.63, 3.8) is 0 Å². The summed E-state index contributed by atoms with van der Waals surface area (Å²) in [6, 6.07) is 5.40. The number of rotatable bonds is 1. The van der Waals surface area contributed by atoms with E-state index in [4.69, 9.17) is 23.1 Å². The number of nitrogens with two attached hydrogens (primary N) is 2. The smallest absolute Gasteiger partial charge is 0.151 e. The molecular formula is C11H11ClN4. The molecule has 0 aliphatic heterocycles. The SMILES string of the molecule is Nc1nc(C2(N)CC2)nc2ccc(Cl)cc12. The minimum atomic E-state index is -0.359. The maximum absolute atomic E-state index is 6.05. The van der Waals surface area contributed by atoms with E-state index >= 15 is 0 Å². The van der Waals surface area contributed by atoms with Gasteiger partial charge in [-0.3, -0.25) is 0 Å². The monoisotopic (exact) mass is 234 g/mol. The van der Waals surface area contributed by atoms with Crippen LogP contribution in [-0.4, -0.2) is 9.97 Å². The number of hydrogen-bond acceptors (Lipinski definition) is 4. The van der Waals surface area contributed by atoms with Crippen molar-refractivity contribution in [1.82, 2.24) is 9.97 Å². The summed E-state index contributed by atoms with van der Waals surface area (Å²) in [7, 11) is 0. The van der Waals surface area contributed by atoms with Gasteiger partial charge in [0.05, 0.1) is 11.1 Å². The lowest BCUT2D eigenvalue weighted by Crippen LogP contribution is -2.22. The van der Waals surface area contributed by atoms with Crippen molar-refractivity contribution in [2.45, 2.75) is 18.4 Å². The number of benzene rings is 1. The predicted molar refractivity (Wildman–Crippen MR) is 64.1 cm³/mol. The lowest BCUT2D eigenvalue weighted by atomic mass is 10.2. The molecule has 2 aromatic rings. The highest BCUT2D eigenvalue weighted by Gasteiger charge is 2.43. The molecule has 0 unspecified atom stereocenters. The van der Waals surface area contributed by atoms with E-state index in [0.29, 0.717) is 16.7 Å². The van der Waals surface area contributed by atoms with Crippen molar-refractivity contribution < 1.29 is 0 Å². The molecule has 0 radical (unpaired) electrons. The van der Waals surface area contributed by atoms with E-state index in [9.17, 15) is 0 Å². The van der Waals surface area contributed by atoms with Crippen LogP contribution in [0.25, 0.3) is 10.9 Å². The highest BCUT2D eigenvalue weighted by molar-refractivity contribution is 6.31. The van der Waals surface area contributed by atoms with Gasteiger partial charge in [0, 0.05) is 10.4 Å². The number of hydrogen-bond donors (Lipinski definition) is 2. The van der Waals surface area contributed by atoms with Crippen LogP contribution in [0.3, 0.4) is 0 Å². The van der Waals surface area contributed by atoms with Crippen LogP contribution in [0, 0.1) is 0 Å². The van der Waals surface area contributed by atoms with Crippen LogP contribution in [0.5, 0.6) is 0 Å². The average molecular weight is 235 g/mol. The molecule has 1 aliphatic rings. The van der Waals surface area contributed by atoms with Crippen LogP contribution >= 0.6 is 11.6 Å². The molecule has 5 heteroatoms. The van der Waals surface area contributed by atoms with Gasteiger partial charge in [-0.1, -0.05) is 11.6 Å². The Balaban J connectivity index is 2.26. The van der Waals surface area contributed by atoms with Gasteiger partial charge in [0.15, 0.2) is 5.82 Å². The molecule has 0 spiro atoms. The Morgan fingerprint density at radius 2 is 2.00 bits per heavy atom. The predicted octanol–water partition coefficient (Wildman–Crippen LogP) is 1.81. The molecule has 82 valence electrons. The number of nitrogens with zero attached hydrogens (tertiary/aromatic N) is 2. The summed E-state index contributed by atoms with van der Waals surface area (Å²) in [5.41, 5.74) is 12.4. The Morgan fingerprint density at radius 3 is 2.69 bits per heavy atom. The molecule has 4 N–H and O–H groups in total. The fraction of sp³-hybridized carbons (Fsp3) is 0.273. The molecule has 1 fully saturated rings. The van der Waals surface area contributed by atoms with Crippen LogP contribution in [0.1, 0.15) is 18.7 Å². The summed E-state index contributed by atoms with van der Waals surface area (Å²) in [5.74, 6) is 1.08. The third-order valence-corrected chi connectivity index (χ3v) is 3.16. The van der Waals surface area contributed by atoms with Gasteiger partial charge in [-0.2, -0.15) is 0 Å². The number of nitrogen functional groups attached to an aromatic ring is 1. The van der Waals surface area contributed by atoms with Crippen LogP contribution < -0.4 is 11.5 Å². The van der Waals surface area contributed by atoms with Crippen molar-refractivity contribution in [2.75, 3.05) is 5.73 Å². The molecule has 1 saturated carbocycles. The Bertz CT molecular complexity index is 577. The van der Waals surface area contributed by atoms with Gasteiger partial charge in [-0.25, -0.2) is 9.97 Å². The quantitative estimate of drug-likeness (QED) is 0.789. The van der Waals surface area contributed by atoms with E-state index in [1.165, 1.54) is 0 Å². The van der Waals surface area contributed by atoms with Gasteiger partial charge >= 0.3 is 0 Å². The first-order valence-corrected chi connectivity index (χ1v) is 5.48. The summed E-state index contributed by atoms with van der Waals surface area (Å²) < 4.78 is 0. The molecule has 1 aliphatic carbocycles. The van der Waals surface area contributed by atoms with E-state index in [1.807, 2.05) is 6.07 Å². The zero-order valence-corrected chi connectivity index (χ0v) is 9.33. The summed E-state index contributed by atoms with van der Waals surface area (Å²) in [4.78, 5) is 8.70. The van der Waals surface area contributed by atoms with Crippen molar-refractivity contribution >= 4 is 28.3 Å². The van der Waals surface area contributed by atoms with Gasteiger partial charge in [-0.15, -0.1) is 0 Å². The highest BCUT2D eigenvalue weighted by atomic mass is 35.5. The first-order chi connectivity index (χ1) is 7.58. The second-order valence-corrected chi connectivity index (χ2v) is 4.69. The third kappa shape index (κ3) is 1.42. The third-order valence-electron chi connectivity index (χ3n) is 2.92. The van der Waals surface area contributed by atoms with Crippen molar-refractivity contribution in [3.8, 4) is 0 Å². The van der Waals surface area contributed by atoms with Gasteiger partial charge < -0.3 is 11.5 Å². The summed E-state index contributed by atoms with van der Waals surface area (Å²) in [6.07, 6.45) is 1.84. The zero-order valence-electron chi connectivity index (χ0n) is 8.57. The Kier molecular flexibility index (Phi) is 1.87.